The maximum Gasteiger partial charge on any atom is 0.310 e. The molecule has 1 aliphatic heterocycles. The minimum Gasteiger partial charge on any atom is -0.469 e. The number of anilines is 1. The summed E-state index contributed by atoms with van der Waals surface area (Å²) < 4.78 is 4.80. The number of nitrogens with two attached hydrogens (primary N) is 1. The van der Waals surface area contributed by atoms with Crippen molar-refractivity contribution < 1.29 is 14.5 Å². The SMILES string of the molecule is COC(=O)C1CN(Cc2cccc([N+](=O)[O-])c2N)CC1C. The van der Waals surface area contributed by atoms with Gasteiger partial charge in [-0.05, 0) is 11.5 Å². The lowest BCUT2D eigenvalue weighted by Crippen LogP contribution is -2.24. The first-order chi connectivity index (χ1) is 9.93. The standard InChI is InChI=1S/C14H19N3O4/c1-9-6-16(8-11(9)14(18)21-2)7-10-4-3-5-12(13(10)15)17(19)20/h3-5,9,11H,6-8,15H2,1-2H3. The van der Waals surface area contributed by atoms with Gasteiger partial charge in [0.25, 0.3) is 5.69 Å². The number of carbonyl (C=O) groups is 1. The summed E-state index contributed by atoms with van der Waals surface area (Å²) in [6.45, 7) is 3.81. The number of esters is 1. The van der Waals surface area contributed by atoms with Gasteiger partial charge in [-0.3, -0.25) is 19.8 Å². The van der Waals surface area contributed by atoms with Gasteiger partial charge in [0.2, 0.25) is 0 Å². The summed E-state index contributed by atoms with van der Waals surface area (Å²) in [5.41, 5.74) is 6.68. The Balaban J connectivity index is 2.12. The van der Waals surface area contributed by atoms with Gasteiger partial charge in [-0.25, -0.2) is 0 Å². The molecule has 2 unspecified atom stereocenters. The van der Waals surface area contributed by atoms with Gasteiger partial charge >= 0.3 is 5.97 Å². The summed E-state index contributed by atoms with van der Waals surface area (Å²) >= 11 is 0. The lowest BCUT2D eigenvalue weighted by Gasteiger charge is -2.16. The van der Waals surface area contributed by atoms with E-state index in [0.717, 1.165) is 6.54 Å². The summed E-state index contributed by atoms with van der Waals surface area (Å²) in [6.07, 6.45) is 0. The molecule has 1 aromatic rings. The molecule has 0 radical (unpaired) electrons. The summed E-state index contributed by atoms with van der Waals surface area (Å²) in [7, 11) is 1.39. The molecule has 1 aliphatic rings. The lowest BCUT2D eigenvalue weighted by atomic mass is 9.99. The van der Waals surface area contributed by atoms with Crippen LogP contribution in [0.1, 0.15) is 12.5 Å². The molecule has 1 heterocycles. The van der Waals surface area contributed by atoms with E-state index in [4.69, 9.17) is 10.5 Å². The number of ether oxygens (including phenoxy) is 1. The Kier molecular flexibility index (Phi) is 4.42. The number of methoxy groups -OCH3 is 1. The normalized spacial score (nSPS) is 22.2. The average Bonchev–Trinajstić information content (AvgIpc) is 2.80. The predicted molar refractivity (Wildman–Crippen MR) is 77.5 cm³/mol. The molecule has 21 heavy (non-hydrogen) atoms. The third-order valence-corrected chi connectivity index (χ3v) is 3.96. The number of hydrogen-bond donors (Lipinski definition) is 1. The Morgan fingerprint density at radius 1 is 1.52 bits per heavy atom. The summed E-state index contributed by atoms with van der Waals surface area (Å²) in [6, 6.07) is 4.79. The zero-order valence-corrected chi connectivity index (χ0v) is 12.1. The predicted octanol–water partition coefficient (Wildman–Crippen LogP) is 1.42. The molecule has 114 valence electrons. The van der Waals surface area contributed by atoms with E-state index in [1.807, 2.05) is 6.92 Å². The maximum absolute atomic E-state index is 11.7. The molecule has 0 aliphatic carbocycles. The number of nitrogens with zero attached hydrogens (tertiary/aromatic N) is 2. The molecule has 2 rings (SSSR count). The first-order valence-electron chi connectivity index (χ1n) is 6.76. The van der Waals surface area contributed by atoms with Crippen LogP contribution in [0.2, 0.25) is 0 Å². The Morgan fingerprint density at radius 2 is 2.24 bits per heavy atom. The third kappa shape index (κ3) is 3.13. The molecule has 0 bridgehead atoms. The van der Waals surface area contributed by atoms with Crippen molar-refractivity contribution in [2.75, 3.05) is 25.9 Å². The van der Waals surface area contributed by atoms with Crippen LogP contribution in [0.25, 0.3) is 0 Å². The number of benzene rings is 1. The van der Waals surface area contributed by atoms with Crippen LogP contribution in [0.5, 0.6) is 0 Å². The van der Waals surface area contributed by atoms with Gasteiger partial charge in [-0.1, -0.05) is 19.1 Å². The molecular formula is C14H19N3O4. The highest BCUT2D eigenvalue weighted by Gasteiger charge is 2.35. The van der Waals surface area contributed by atoms with Gasteiger partial charge < -0.3 is 10.5 Å². The number of carbonyl (C=O) groups excluding carboxylic acids is 1. The van der Waals surface area contributed by atoms with Crippen LogP contribution < -0.4 is 5.73 Å². The van der Waals surface area contributed by atoms with Crippen LogP contribution in [0, 0.1) is 22.0 Å². The molecular weight excluding hydrogens is 274 g/mol. The second kappa shape index (κ2) is 6.09. The Bertz CT molecular complexity index is 561. The molecule has 0 saturated carbocycles. The molecule has 1 saturated heterocycles. The van der Waals surface area contributed by atoms with Gasteiger partial charge in [0.1, 0.15) is 5.69 Å². The first-order valence-corrected chi connectivity index (χ1v) is 6.76. The minimum absolute atomic E-state index is 0.0794. The number of nitro groups is 1. The Morgan fingerprint density at radius 3 is 2.86 bits per heavy atom. The minimum atomic E-state index is -0.483. The second-order valence-corrected chi connectivity index (χ2v) is 5.41. The summed E-state index contributed by atoms with van der Waals surface area (Å²) in [5.74, 6) is -0.177. The Hall–Kier alpha value is -2.15. The van der Waals surface area contributed by atoms with Gasteiger partial charge in [-0.15, -0.1) is 0 Å². The van der Waals surface area contributed by atoms with E-state index >= 15 is 0 Å². The fourth-order valence-electron chi connectivity index (χ4n) is 2.79. The molecule has 2 atom stereocenters. The number of hydrogen-bond acceptors (Lipinski definition) is 6. The first kappa shape index (κ1) is 15.2. The van der Waals surface area contributed by atoms with Crippen LogP contribution in [0.3, 0.4) is 0 Å². The summed E-state index contributed by atoms with van der Waals surface area (Å²) in [5, 5.41) is 10.9. The average molecular weight is 293 g/mol. The molecule has 0 amide bonds. The van der Waals surface area contributed by atoms with Crippen LogP contribution in [-0.4, -0.2) is 36.0 Å². The monoisotopic (exact) mass is 293 g/mol. The van der Waals surface area contributed by atoms with E-state index < -0.39 is 4.92 Å². The van der Waals surface area contributed by atoms with Crippen molar-refractivity contribution in [1.29, 1.82) is 0 Å². The zero-order chi connectivity index (χ0) is 15.6. The van der Waals surface area contributed by atoms with Gasteiger partial charge in [0, 0.05) is 25.7 Å². The zero-order valence-electron chi connectivity index (χ0n) is 12.1. The second-order valence-electron chi connectivity index (χ2n) is 5.41. The smallest absolute Gasteiger partial charge is 0.310 e. The molecule has 0 spiro atoms. The van der Waals surface area contributed by atoms with Crippen molar-refractivity contribution >= 4 is 17.3 Å². The molecule has 0 aromatic heterocycles. The van der Waals surface area contributed by atoms with Gasteiger partial charge in [0.15, 0.2) is 0 Å². The van der Waals surface area contributed by atoms with E-state index in [0.29, 0.717) is 18.7 Å². The maximum atomic E-state index is 11.7. The molecule has 1 fully saturated rings. The molecule has 2 N–H and O–H groups in total. The number of para-hydroxylation sites is 1. The topological polar surface area (TPSA) is 98.7 Å². The quantitative estimate of drug-likeness (QED) is 0.390. The van der Waals surface area contributed by atoms with Crippen LogP contribution in [0.4, 0.5) is 11.4 Å². The number of nitro benzene ring substituents is 1. The highest BCUT2D eigenvalue weighted by molar-refractivity contribution is 5.73. The lowest BCUT2D eigenvalue weighted by molar-refractivity contribution is -0.384. The molecule has 1 aromatic carbocycles. The van der Waals surface area contributed by atoms with E-state index in [-0.39, 0.29) is 29.2 Å². The van der Waals surface area contributed by atoms with E-state index in [1.165, 1.54) is 13.2 Å². The van der Waals surface area contributed by atoms with Crippen molar-refractivity contribution in [3.05, 3.63) is 33.9 Å². The van der Waals surface area contributed by atoms with Gasteiger partial charge in [0.05, 0.1) is 18.0 Å². The van der Waals surface area contributed by atoms with Crippen LogP contribution in [-0.2, 0) is 16.1 Å². The van der Waals surface area contributed by atoms with Crippen molar-refractivity contribution in [2.45, 2.75) is 13.5 Å². The number of rotatable bonds is 4. The van der Waals surface area contributed by atoms with Crippen LogP contribution >= 0.6 is 0 Å². The van der Waals surface area contributed by atoms with Crippen molar-refractivity contribution in [2.24, 2.45) is 11.8 Å². The fraction of sp³-hybridized carbons (Fsp3) is 0.500. The van der Waals surface area contributed by atoms with E-state index in [1.54, 1.807) is 12.1 Å². The van der Waals surface area contributed by atoms with Crippen molar-refractivity contribution in [3.63, 3.8) is 0 Å². The number of likely N-dealkylation sites (tertiary alicyclic amines) is 1. The highest BCUT2D eigenvalue weighted by atomic mass is 16.6. The molecule has 7 nitrogen and oxygen atoms in total. The highest BCUT2D eigenvalue weighted by Crippen LogP contribution is 2.29. The largest absolute Gasteiger partial charge is 0.469 e. The van der Waals surface area contributed by atoms with E-state index in [9.17, 15) is 14.9 Å². The number of nitrogen functional groups attached to an aromatic ring is 1. The molecule has 7 heteroatoms. The van der Waals surface area contributed by atoms with Crippen molar-refractivity contribution in [1.82, 2.24) is 4.90 Å². The van der Waals surface area contributed by atoms with E-state index in [2.05, 4.69) is 4.90 Å². The van der Waals surface area contributed by atoms with Gasteiger partial charge in [-0.2, -0.15) is 0 Å². The van der Waals surface area contributed by atoms with Crippen LogP contribution in [0.15, 0.2) is 18.2 Å². The third-order valence-electron chi connectivity index (χ3n) is 3.96. The van der Waals surface area contributed by atoms with Crippen molar-refractivity contribution in [3.8, 4) is 0 Å². The summed E-state index contributed by atoms with van der Waals surface area (Å²) in [4.78, 5) is 24.2. The fourth-order valence-corrected chi connectivity index (χ4v) is 2.79. The Labute approximate surface area is 122 Å².